The van der Waals surface area contributed by atoms with E-state index in [1.807, 2.05) is 38.1 Å². The second kappa shape index (κ2) is 8.85. The van der Waals surface area contributed by atoms with Crippen LogP contribution in [0.2, 0.25) is 0 Å². The number of carbonyl (C=O) groups excluding carboxylic acids is 4. The number of hydrogen-bond acceptors (Lipinski definition) is 5. The van der Waals surface area contributed by atoms with E-state index in [1.165, 1.54) is 6.92 Å². The maximum atomic E-state index is 12.9. The first kappa shape index (κ1) is 21.8. The monoisotopic (exact) mass is 415 g/mol. The largest absolute Gasteiger partial charge is 0.451 e. The molecule has 0 unspecified atom stereocenters. The number of carbonyl (C=O) groups is 4. The summed E-state index contributed by atoms with van der Waals surface area (Å²) in [5, 5.41) is 5.50. The van der Waals surface area contributed by atoms with E-state index in [0.29, 0.717) is 13.0 Å². The van der Waals surface area contributed by atoms with Crippen molar-refractivity contribution in [2.24, 2.45) is 5.92 Å². The first-order valence-electron chi connectivity index (χ1n) is 10.4. The molecule has 1 saturated carbocycles. The minimum Gasteiger partial charge on any atom is -0.451 e. The fourth-order valence-electron chi connectivity index (χ4n) is 4.09. The molecule has 3 atom stereocenters. The van der Waals surface area contributed by atoms with Gasteiger partial charge in [-0.15, -0.1) is 0 Å². The van der Waals surface area contributed by atoms with Gasteiger partial charge in [0.25, 0.3) is 11.8 Å². The summed E-state index contributed by atoms with van der Waals surface area (Å²) >= 11 is 0. The molecule has 3 rings (SSSR count). The van der Waals surface area contributed by atoms with Gasteiger partial charge in [-0.25, -0.2) is 4.79 Å². The summed E-state index contributed by atoms with van der Waals surface area (Å²) in [5.41, 5.74) is 1.13. The average Bonchev–Trinajstić information content (AvgIpc) is 2.94. The fraction of sp³-hybridized carbons (Fsp3) is 0.545. The first-order valence-corrected chi connectivity index (χ1v) is 10.4. The summed E-state index contributed by atoms with van der Waals surface area (Å²) in [6.45, 7) is 5.19. The number of amides is 4. The van der Waals surface area contributed by atoms with Gasteiger partial charge in [0, 0.05) is 6.54 Å². The Morgan fingerprint density at radius 1 is 1.27 bits per heavy atom. The molecule has 2 aliphatic rings. The molecule has 1 aliphatic carbocycles. The molecule has 1 saturated heterocycles. The third-order valence-corrected chi connectivity index (χ3v) is 6.05. The molecule has 8 heteroatoms. The lowest BCUT2D eigenvalue weighted by atomic mass is 9.73. The SMILES string of the molecule is Cc1ccc(CNC(=O)[C@@H](C)OC(=O)CN2C(=O)N[C@]3(CCCC[C@@H]3C)C2=O)cc1. The van der Waals surface area contributed by atoms with Crippen molar-refractivity contribution in [3.63, 3.8) is 0 Å². The lowest BCUT2D eigenvalue weighted by molar-refractivity contribution is -0.157. The zero-order valence-corrected chi connectivity index (χ0v) is 17.7. The molecule has 0 bridgehead atoms. The van der Waals surface area contributed by atoms with Crippen LogP contribution in [0, 0.1) is 12.8 Å². The molecule has 1 heterocycles. The van der Waals surface area contributed by atoms with Crippen LogP contribution in [-0.2, 0) is 25.7 Å². The van der Waals surface area contributed by atoms with Gasteiger partial charge >= 0.3 is 12.0 Å². The highest BCUT2D eigenvalue weighted by Crippen LogP contribution is 2.38. The zero-order valence-electron chi connectivity index (χ0n) is 17.7. The summed E-state index contributed by atoms with van der Waals surface area (Å²) in [5.74, 6) is -1.61. The second-order valence-corrected chi connectivity index (χ2v) is 8.28. The van der Waals surface area contributed by atoms with E-state index >= 15 is 0 Å². The normalized spacial score (nSPS) is 24.5. The molecule has 2 fully saturated rings. The standard InChI is InChI=1S/C22H29N3O5/c1-14-7-9-17(10-8-14)12-23-19(27)16(3)30-18(26)13-25-20(28)22(24-21(25)29)11-5-4-6-15(22)2/h7-10,15-16H,4-6,11-13H2,1-3H3,(H,23,27)(H,24,29)/t15-,16+,22-/m0/s1. The van der Waals surface area contributed by atoms with Crippen molar-refractivity contribution in [3.05, 3.63) is 35.4 Å². The predicted molar refractivity (Wildman–Crippen MR) is 109 cm³/mol. The number of imide groups is 1. The minimum absolute atomic E-state index is 0.00944. The van der Waals surface area contributed by atoms with Gasteiger partial charge in [0.15, 0.2) is 6.10 Å². The van der Waals surface area contributed by atoms with Crippen molar-refractivity contribution >= 4 is 23.8 Å². The number of nitrogens with one attached hydrogen (secondary N) is 2. The Kier molecular flexibility index (Phi) is 6.43. The highest BCUT2D eigenvalue weighted by Gasteiger charge is 2.55. The van der Waals surface area contributed by atoms with Crippen molar-refractivity contribution in [1.29, 1.82) is 0 Å². The summed E-state index contributed by atoms with van der Waals surface area (Å²) in [4.78, 5) is 50.7. The third-order valence-electron chi connectivity index (χ3n) is 6.05. The van der Waals surface area contributed by atoms with Crippen LogP contribution in [0.4, 0.5) is 4.79 Å². The van der Waals surface area contributed by atoms with Crippen LogP contribution in [0.3, 0.4) is 0 Å². The fourth-order valence-corrected chi connectivity index (χ4v) is 4.09. The van der Waals surface area contributed by atoms with Crippen LogP contribution in [0.1, 0.15) is 50.7 Å². The molecular weight excluding hydrogens is 386 g/mol. The quantitative estimate of drug-likeness (QED) is 0.547. The molecule has 8 nitrogen and oxygen atoms in total. The van der Waals surface area contributed by atoms with Gasteiger partial charge in [-0.2, -0.15) is 0 Å². The van der Waals surface area contributed by atoms with Crippen LogP contribution in [0.15, 0.2) is 24.3 Å². The van der Waals surface area contributed by atoms with Gasteiger partial charge < -0.3 is 15.4 Å². The number of nitrogens with zero attached hydrogens (tertiary/aromatic N) is 1. The summed E-state index contributed by atoms with van der Waals surface area (Å²) in [6, 6.07) is 7.13. The van der Waals surface area contributed by atoms with E-state index < -0.39 is 36.1 Å². The Hall–Kier alpha value is -2.90. The maximum Gasteiger partial charge on any atom is 0.327 e. The second-order valence-electron chi connectivity index (χ2n) is 8.28. The van der Waals surface area contributed by atoms with Gasteiger partial charge in [0.05, 0.1) is 0 Å². The van der Waals surface area contributed by atoms with Crippen molar-refractivity contribution in [2.75, 3.05) is 6.54 Å². The number of ether oxygens (including phenoxy) is 1. The van der Waals surface area contributed by atoms with Crippen LogP contribution in [0.25, 0.3) is 0 Å². The highest BCUT2D eigenvalue weighted by molar-refractivity contribution is 6.09. The molecule has 0 radical (unpaired) electrons. The molecule has 1 aromatic carbocycles. The smallest absolute Gasteiger partial charge is 0.327 e. The summed E-state index contributed by atoms with van der Waals surface area (Å²) in [6.07, 6.45) is 2.26. The van der Waals surface area contributed by atoms with E-state index in [4.69, 9.17) is 4.74 Å². The molecular formula is C22H29N3O5. The van der Waals surface area contributed by atoms with E-state index in [9.17, 15) is 19.2 Å². The number of benzene rings is 1. The van der Waals surface area contributed by atoms with Crippen molar-refractivity contribution < 1.29 is 23.9 Å². The van der Waals surface area contributed by atoms with Crippen molar-refractivity contribution in [2.45, 2.75) is 64.6 Å². The first-order chi connectivity index (χ1) is 14.2. The molecule has 1 aliphatic heterocycles. The number of urea groups is 1. The van der Waals surface area contributed by atoms with Crippen LogP contribution >= 0.6 is 0 Å². The molecule has 1 aromatic rings. The van der Waals surface area contributed by atoms with Crippen LogP contribution < -0.4 is 10.6 Å². The van der Waals surface area contributed by atoms with Gasteiger partial charge in [-0.3, -0.25) is 19.3 Å². The molecule has 4 amide bonds. The summed E-state index contributed by atoms with van der Waals surface area (Å²) < 4.78 is 5.16. The van der Waals surface area contributed by atoms with Crippen LogP contribution in [-0.4, -0.2) is 46.9 Å². The Bertz CT molecular complexity index is 838. The van der Waals surface area contributed by atoms with E-state index in [1.54, 1.807) is 0 Å². The maximum absolute atomic E-state index is 12.9. The van der Waals surface area contributed by atoms with Gasteiger partial charge in [-0.1, -0.05) is 49.6 Å². The van der Waals surface area contributed by atoms with Crippen molar-refractivity contribution in [3.8, 4) is 0 Å². The van der Waals surface area contributed by atoms with Gasteiger partial charge in [0.1, 0.15) is 12.1 Å². The molecule has 30 heavy (non-hydrogen) atoms. The van der Waals surface area contributed by atoms with E-state index in [-0.39, 0.29) is 11.8 Å². The highest BCUT2D eigenvalue weighted by atomic mass is 16.5. The lowest BCUT2D eigenvalue weighted by Gasteiger charge is -2.36. The van der Waals surface area contributed by atoms with Gasteiger partial charge in [-0.05, 0) is 38.2 Å². The zero-order chi connectivity index (χ0) is 21.9. The number of hydrogen-bond donors (Lipinski definition) is 2. The lowest BCUT2D eigenvalue weighted by Crippen LogP contribution is -2.54. The minimum atomic E-state index is -1.04. The van der Waals surface area contributed by atoms with E-state index in [0.717, 1.165) is 35.3 Å². The molecule has 2 N–H and O–H groups in total. The molecule has 162 valence electrons. The molecule has 1 spiro atoms. The number of aryl methyl sites for hydroxylation is 1. The Labute approximate surface area is 176 Å². The van der Waals surface area contributed by atoms with Gasteiger partial charge in [0.2, 0.25) is 0 Å². The predicted octanol–water partition coefficient (Wildman–Crippen LogP) is 2.04. The third kappa shape index (κ3) is 4.47. The average molecular weight is 415 g/mol. The topological polar surface area (TPSA) is 105 Å². The summed E-state index contributed by atoms with van der Waals surface area (Å²) in [7, 11) is 0. The Morgan fingerprint density at radius 2 is 1.97 bits per heavy atom. The Morgan fingerprint density at radius 3 is 2.63 bits per heavy atom. The molecule has 0 aromatic heterocycles. The van der Waals surface area contributed by atoms with Crippen molar-refractivity contribution in [1.82, 2.24) is 15.5 Å². The Balaban J connectivity index is 1.51. The van der Waals surface area contributed by atoms with E-state index in [2.05, 4.69) is 10.6 Å². The van der Waals surface area contributed by atoms with Crippen LogP contribution in [0.5, 0.6) is 0 Å². The number of rotatable bonds is 6. The number of esters is 1.